The van der Waals surface area contributed by atoms with Crippen LogP contribution in [0.1, 0.15) is 26.0 Å². The van der Waals surface area contributed by atoms with Crippen molar-refractivity contribution >= 4 is 16.6 Å². The van der Waals surface area contributed by atoms with E-state index in [0.717, 1.165) is 17.9 Å². The number of benzene rings is 1. The third-order valence-corrected chi connectivity index (χ3v) is 3.57. The Labute approximate surface area is 109 Å². The van der Waals surface area contributed by atoms with Gasteiger partial charge in [-0.05, 0) is 24.8 Å². The molecule has 0 radical (unpaired) electrons. The summed E-state index contributed by atoms with van der Waals surface area (Å²) >= 11 is 0. The van der Waals surface area contributed by atoms with Crippen LogP contribution in [0, 0.1) is 0 Å². The first-order valence-corrected chi connectivity index (χ1v) is 6.49. The summed E-state index contributed by atoms with van der Waals surface area (Å²) in [7, 11) is 2.10. The molecule has 1 unspecified atom stereocenters. The van der Waals surface area contributed by atoms with E-state index in [-0.39, 0.29) is 0 Å². The maximum atomic E-state index is 5.74. The molecule has 2 rings (SSSR count). The highest BCUT2D eigenvalue weighted by molar-refractivity contribution is 5.92. The van der Waals surface area contributed by atoms with Gasteiger partial charge < -0.3 is 10.6 Å². The Morgan fingerprint density at radius 1 is 1.33 bits per heavy atom. The highest BCUT2D eigenvalue weighted by Gasteiger charge is 2.13. The summed E-state index contributed by atoms with van der Waals surface area (Å²) in [6.45, 7) is 4.88. The molecule has 0 bridgehead atoms. The maximum absolute atomic E-state index is 5.74. The van der Waals surface area contributed by atoms with E-state index in [2.05, 4.69) is 61.1 Å². The van der Waals surface area contributed by atoms with Gasteiger partial charge in [0.1, 0.15) is 5.82 Å². The van der Waals surface area contributed by atoms with Crippen LogP contribution >= 0.6 is 0 Å². The molecular formula is C15H21N3. The van der Waals surface area contributed by atoms with Gasteiger partial charge in [0.25, 0.3) is 0 Å². The average Bonchev–Trinajstić information content (AvgIpc) is 2.44. The molecule has 0 amide bonds. The summed E-state index contributed by atoms with van der Waals surface area (Å²) in [5.74, 6) is 1.03. The van der Waals surface area contributed by atoms with Crippen molar-refractivity contribution in [2.24, 2.45) is 5.73 Å². The van der Waals surface area contributed by atoms with E-state index in [0.29, 0.717) is 12.6 Å². The molecule has 1 aromatic heterocycles. The lowest BCUT2D eigenvalue weighted by Crippen LogP contribution is -2.29. The zero-order valence-corrected chi connectivity index (χ0v) is 11.4. The fraction of sp³-hybridized carbons (Fsp3) is 0.400. The van der Waals surface area contributed by atoms with E-state index < -0.39 is 0 Å². The molecule has 96 valence electrons. The first-order valence-electron chi connectivity index (χ1n) is 6.49. The number of rotatable bonds is 4. The monoisotopic (exact) mass is 243 g/mol. The lowest BCUT2D eigenvalue weighted by molar-refractivity contribution is 0.657. The number of nitrogens with zero attached hydrogens (tertiary/aromatic N) is 2. The van der Waals surface area contributed by atoms with Crippen LogP contribution < -0.4 is 10.6 Å². The molecule has 2 N–H and O–H groups in total. The smallest absolute Gasteiger partial charge is 0.136 e. The molecule has 1 heterocycles. The Morgan fingerprint density at radius 3 is 2.72 bits per heavy atom. The molecule has 3 heteroatoms. The highest BCUT2D eigenvalue weighted by Crippen LogP contribution is 2.26. The van der Waals surface area contributed by atoms with Gasteiger partial charge in [-0.15, -0.1) is 0 Å². The van der Waals surface area contributed by atoms with Crippen molar-refractivity contribution in [3.05, 3.63) is 36.0 Å². The summed E-state index contributed by atoms with van der Waals surface area (Å²) in [5.41, 5.74) is 6.68. The minimum Gasteiger partial charge on any atom is -0.356 e. The first kappa shape index (κ1) is 12.8. The van der Waals surface area contributed by atoms with Crippen LogP contribution in [0.4, 0.5) is 5.82 Å². The third-order valence-electron chi connectivity index (χ3n) is 3.57. The normalized spacial score (nSPS) is 12.7. The van der Waals surface area contributed by atoms with Crippen LogP contribution in [0.3, 0.4) is 0 Å². The second kappa shape index (κ2) is 5.36. The summed E-state index contributed by atoms with van der Waals surface area (Å²) in [4.78, 5) is 6.93. The Hall–Kier alpha value is -1.61. The topological polar surface area (TPSA) is 42.2 Å². The van der Waals surface area contributed by atoms with Gasteiger partial charge in [-0.2, -0.15) is 0 Å². The molecule has 1 atom stereocenters. The number of anilines is 1. The van der Waals surface area contributed by atoms with Gasteiger partial charge in [0.2, 0.25) is 0 Å². The van der Waals surface area contributed by atoms with Gasteiger partial charge in [0, 0.05) is 25.0 Å². The van der Waals surface area contributed by atoms with Crippen molar-refractivity contribution in [1.82, 2.24) is 4.98 Å². The van der Waals surface area contributed by atoms with E-state index in [1.54, 1.807) is 0 Å². The van der Waals surface area contributed by atoms with E-state index in [1.165, 1.54) is 10.8 Å². The van der Waals surface area contributed by atoms with Gasteiger partial charge in [-0.25, -0.2) is 4.98 Å². The maximum Gasteiger partial charge on any atom is 0.136 e. The molecule has 0 saturated heterocycles. The highest BCUT2D eigenvalue weighted by atomic mass is 15.2. The second-order valence-corrected chi connectivity index (χ2v) is 4.73. The summed E-state index contributed by atoms with van der Waals surface area (Å²) in [6.07, 6.45) is 1.10. The number of nitrogens with two attached hydrogens (primary N) is 1. The van der Waals surface area contributed by atoms with Crippen molar-refractivity contribution in [1.29, 1.82) is 0 Å². The zero-order valence-electron chi connectivity index (χ0n) is 11.4. The molecule has 0 fully saturated rings. The van der Waals surface area contributed by atoms with E-state index in [9.17, 15) is 0 Å². The fourth-order valence-electron chi connectivity index (χ4n) is 2.09. The molecule has 0 aliphatic heterocycles. The van der Waals surface area contributed by atoms with Gasteiger partial charge in [-0.3, -0.25) is 0 Å². The molecule has 0 spiro atoms. The molecule has 0 aliphatic rings. The number of aromatic nitrogens is 1. The van der Waals surface area contributed by atoms with Crippen LogP contribution in [0.25, 0.3) is 10.8 Å². The fourth-order valence-corrected chi connectivity index (χ4v) is 2.09. The van der Waals surface area contributed by atoms with Gasteiger partial charge in [0.05, 0.1) is 5.69 Å². The molecule has 0 saturated carbocycles. The minimum atomic E-state index is 0.467. The van der Waals surface area contributed by atoms with Crippen molar-refractivity contribution in [2.45, 2.75) is 32.9 Å². The van der Waals surface area contributed by atoms with Gasteiger partial charge >= 0.3 is 0 Å². The molecule has 2 aromatic rings. The van der Waals surface area contributed by atoms with E-state index >= 15 is 0 Å². The summed E-state index contributed by atoms with van der Waals surface area (Å²) < 4.78 is 0. The van der Waals surface area contributed by atoms with Crippen molar-refractivity contribution < 1.29 is 0 Å². The minimum absolute atomic E-state index is 0.467. The molecule has 18 heavy (non-hydrogen) atoms. The first-order chi connectivity index (χ1) is 8.67. The van der Waals surface area contributed by atoms with Crippen molar-refractivity contribution in [3.63, 3.8) is 0 Å². The quantitative estimate of drug-likeness (QED) is 0.897. The number of hydrogen-bond donors (Lipinski definition) is 1. The predicted molar refractivity (Wildman–Crippen MR) is 77.8 cm³/mol. The largest absolute Gasteiger partial charge is 0.356 e. The lowest BCUT2D eigenvalue weighted by atomic mass is 10.1. The predicted octanol–water partition coefficient (Wildman–Crippen LogP) is 2.93. The van der Waals surface area contributed by atoms with Crippen molar-refractivity contribution in [3.8, 4) is 0 Å². The van der Waals surface area contributed by atoms with Crippen LogP contribution in [-0.2, 0) is 6.54 Å². The number of hydrogen-bond acceptors (Lipinski definition) is 3. The zero-order chi connectivity index (χ0) is 13.1. The average molecular weight is 243 g/mol. The SMILES string of the molecule is CCC(C)N(C)c1nc(CN)cc2ccccc12. The molecular weight excluding hydrogens is 222 g/mol. The summed E-state index contributed by atoms with van der Waals surface area (Å²) in [6, 6.07) is 10.9. The van der Waals surface area contributed by atoms with E-state index in [1.807, 2.05) is 0 Å². The van der Waals surface area contributed by atoms with Gasteiger partial charge in [-0.1, -0.05) is 31.2 Å². The Kier molecular flexibility index (Phi) is 3.82. The second-order valence-electron chi connectivity index (χ2n) is 4.73. The molecule has 1 aromatic carbocycles. The third kappa shape index (κ3) is 2.31. The van der Waals surface area contributed by atoms with Crippen LogP contribution in [0.2, 0.25) is 0 Å². The van der Waals surface area contributed by atoms with Crippen LogP contribution in [0.5, 0.6) is 0 Å². The lowest BCUT2D eigenvalue weighted by Gasteiger charge is -2.26. The number of fused-ring (bicyclic) bond motifs is 1. The van der Waals surface area contributed by atoms with Crippen molar-refractivity contribution in [2.75, 3.05) is 11.9 Å². The standard InChI is InChI=1S/C15H21N3/c1-4-11(2)18(3)15-14-8-6-5-7-12(14)9-13(10-16)17-15/h5-9,11H,4,10,16H2,1-3H3. The Bertz CT molecular complexity index is 536. The van der Waals surface area contributed by atoms with Crippen LogP contribution in [0.15, 0.2) is 30.3 Å². The Morgan fingerprint density at radius 2 is 2.06 bits per heavy atom. The Balaban J connectivity index is 2.60. The number of pyridine rings is 1. The summed E-state index contributed by atoms with van der Waals surface area (Å²) in [5, 5.41) is 2.40. The van der Waals surface area contributed by atoms with E-state index in [4.69, 9.17) is 5.73 Å². The van der Waals surface area contributed by atoms with Gasteiger partial charge in [0.15, 0.2) is 0 Å². The molecule has 0 aliphatic carbocycles. The molecule has 3 nitrogen and oxygen atoms in total. The van der Waals surface area contributed by atoms with Crippen LogP contribution in [-0.4, -0.2) is 18.1 Å².